The van der Waals surface area contributed by atoms with Gasteiger partial charge in [-0.15, -0.1) is 0 Å². The molecule has 0 aromatic carbocycles. The van der Waals surface area contributed by atoms with Crippen molar-refractivity contribution in [3.63, 3.8) is 0 Å². The monoisotopic (exact) mass is 191 g/mol. The second-order valence-corrected chi connectivity index (χ2v) is 6.25. The molecule has 0 aliphatic carbocycles. The van der Waals surface area contributed by atoms with Gasteiger partial charge in [0.05, 0.1) is 5.75 Å². The number of carbonyl (C=O) groups is 1. The van der Waals surface area contributed by atoms with Crippen molar-refractivity contribution in [2.75, 3.05) is 5.75 Å². The summed E-state index contributed by atoms with van der Waals surface area (Å²) in [4.78, 5) is 11.3. The van der Waals surface area contributed by atoms with E-state index in [4.69, 9.17) is 0 Å². The summed E-state index contributed by atoms with van der Waals surface area (Å²) in [6.45, 7) is 4.55. The second kappa shape index (κ2) is 2.45. The molecule has 1 rings (SSSR count). The largest absolute Gasteiger partial charge is 0.351 e. The van der Waals surface area contributed by atoms with Crippen molar-refractivity contribution in [2.45, 2.75) is 31.6 Å². The van der Waals surface area contributed by atoms with E-state index in [2.05, 4.69) is 5.32 Å². The molecule has 1 N–H and O–H groups in total. The van der Waals surface area contributed by atoms with Crippen LogP contribution in [0.1, 0.15) is 20.8 Å². The quantitative estimate of drug-likeness (QED) is 0.571. The van der Waals surface area contributed by atoms with E-state index in [0.29, 0.717) is 0 Å². The van der Waals surface area contributed by atoms with Gasteiger partial charge in [-0.05, 0) is 20.8 Å². The third-order valence-corrected chi connectivity index (χ3v) is 4.85. The summed E-state index contributed by atoms with van der Waals surface area (Å²) in [6, 6.07) is -0.268. The van der Waals surface area contributed by atoms with Gasteiger partial charge in [-0.2, -0.15) is 0 Å². The molecule has 1 aliphatic rings. The first-order valence-corrected chi connectivity index (χ1v) is 5.46. The highest BCUT2D eigenvalue weighted by Gasteiger charge is 2.46. The van der Waals surface area contributed by atoms with E-state index in [-0.39, 0.29) is 11.8 Å². The van der Waals surface area contributed by atoms with Crippen LogP contribution < -0.4 is 5.32 Å². The average Bonchev–Trinajstić information content (AvgIpc) is 1.82. The standard InChI is InChI=1S/C7H13NO3S/c1-5-4-12(10,11)7(2,3)6(9)8-5/h5H,4H2,1-3H3,(H,8,9). The lowest BCUT2D eigenvalue weighted by molar-refractivity contribution is -0.123. The zero-order chi connectivity index (χ0) is 9.57. The first-order chi connectivity index (χ1) is 5.27. The minimum Gasteiger partial charge on any atom is -0.351 e. The van der Waals surface area contributed by atoms with Crippen LogP contribution in [-0.2, 0) is 14.6 Å². The fraction of sp³-hybridized carbons (Fsp3) is 0.857. The van der Waals surface area contributed by atoms with E-state index in [9.17, 15) is 13.2 Å². The lowest BCUT2D eigenvalue weighted by Gasteiger charge is -2.32. The molecule has 0 saturated carbocycles. The molecule has 1 unspecified atom stereocenters. The molecule has 0 radical (unpaired) electrons. The number of sulfone groups is 1. The Labute approximate surface area is 72.3 Å². The zero-order valence-corrected chi connectivity index (χ0v) is 8.23. The van der Waals surface area contributed by atoms with Gasteiger partial charge in [0.2, 0.25) is 5.91 Å². The van der Waals surface area contributed by atoms with E-state index in [0.717, 1.165) is 0 Å². The van der Waals surface area contributed by atoms with Crippen molar-refractivity contribution in [3.8, 4) is 0 Å². The van der Waals surface area contributed by atoms with Crippen LogP contribution in [0.2, 0.25) is 0 Å². The van der Waals surface area contributed by atoms with Crippen molar-refractivity contribution in [1.29, 1.82) is 0 Å². The molecule has 70 valence electrons. The summed E-state index contributed by atoms with van der Waals surface area (Å²) >= 11 is 0. The number of hydrogen-bond acceptors (Lipinski definition) is 3. The Morgan fingerprint density at radius 3 is 2.42 bits per heavy atom. The summed E-state index contributed by atoms with van der Waals surface area (Å²) in [6.07, 6.45) is 0. The fourth-order valence-corrected chi connectivity index (χ4v) is 2.62. The number of hydrogen-bond donors (Lipinski definition) is 1. The predicted molar refractivity (Wildman–Crippen MR) is 45.5 cm³/mol. The highest BCUT2D eigenvalue weighted by Crippen LogP contribution is 2.22. The van der Waals surface area contributed by atoms with Gasteiger partial charge < -0.3 is 5.32 Å². The average molecular weight is 191 g/mol. The Hall–Kier alpha value is -0.580. The zero-order valence-electron chi connectivity index (χ0n) is 7.42. The van der Waals surface area contributed by atoms with Crippen LogP contribution in [0.15, 0.2) is 0 Å². The van der Waals surface area contributed by atoms with Crippen molar-refractivity contribution in [1.82, 2.24) is 5.32 Å². The summed E-state index contributed by atoms with van der Waals surface area (Å²) in [5.74, 6) is -0.368. The Kier molecular flexibility index (Phi) is 1.94. The van der Waals surface area contributed by atoms with Gasteiger partial charge in [0, 0.05) is 6.04 Å². The molecule has 1 heterocycles. The molecular formula is C7H13NO3S. The summed E-state index contributed by atoms with van der Waals surface area (Å²) in [7, 11) is -3.27. The smallest absolute Gasteiger partial charge is 0.241 e. The molecule has 0 spiro atoms. The first-order valence-electron chi connectivity index (χ1n) is 3.80. The van der Waals surface area contributed by atoms with Crippen LogP contribution in [0.5, 0.6) is 0 Å². The summed E-state index contributed by atoms with van der Waals surface area (Å²) < 4.78 is 21.7. The second-order valence-electron chi connectivity index (χ2n) is 3.67. The minimum atomic E-state index is -3.27. The highest BCUT2D eigenvalue weighted by molar-refractivity contribution is 7.93. The molecule has 0 aromatic heterocycles. The van der Waals surface area contributed by atoms with Gasteiger partial charge in [0.15, 0.2) is 9.84 Å². The topological polar surface area (TPSA) is 63.2 Å². The molecule has 0 bridgehead atoms. The van der Waals surface area contributed by atoms with Crippen LogP contribution in [0.4, 0.5) is 0 Å². The first kappa shape index (κ1) is 9.51. The van der Waals surface area contributed by atoms with Gasteiger partial charge in [0.1, 0.15) is 4.75 Å². The number of amides is 1. The maximum absolute atomic E-state index is 11.5. The Morgan fingerprint density at radius 2 is 2.00 bits per heavy atom. The normalized spacial score (nSPS) is 32.6. The lowest BCUT2D eigenvalue weighted by atomic mass is 10.2. The van der Waals surface area contributed by atoms with Crippen LogP contribution in [0.3, 0.4) is 0 Å². The van der Waals surface area contributed by atoms with Gasteiger partial charge in [-0.3, -0.25) is 4.79 Å². The third kappa shape index (κ3) is 1.22. The van der Waals surface area contributed by atoms with Crippen molar-refractivity contribution >= 4 is 15.7 Å². The molecule has 1 atom stereocenters. The van der Waals surface area contributed by atoms with Gasteiger partial charge in [-0.25, -0.2) is 8.42 Å². The molecule has 5 heteroatoms. The van der Waals surface area contributed by atoms with Crippen LogP contribution in [0, 0.1) is 0 Å². The Balaban J connectivity index is 3.12. The molecule has 0 aromatic rings. The Bertz CT molecular complexity index is 305. The number of rotatable bonds is 0. The molecule has 12 heavy (non-hydrogen) atoms. The van der Waals surface area contributed by atoms with Crippen molar-refractivity contribution in [3.05, 3.63) is 0 Å². The molecule has 1 aliphatic heterocycles. The van der Waals surface area contributed by atoms with Crippen LogP contribution in [0.25, 0.3) is 0 Å². The predicted octanol–water partition coefficient (Wildman–Crippen LogP) is -0.302. The van der Waals surface area contributed by atoms with E-state index in [1.54, 1.807) is 6.92 Å². The Morgan fingerprint density at radius 1 is 1.50 bits per heavy atom. The number of nitrogens with one attached hydrogen (secondary N) is 1. The van der Waals surface area contributed by atoms with E-state index in [1.807, 2.05) is 0 Å². The van der Waals surface area contributed by atoms with E-state index in [1.165, 1.54) is 13.8 Å². The third-order valence-electron chi connectivity index (χ3n) is 2.17. The SMILES string of the molecule is CC1CS(=O)(=O)C(C)(C)C(=O)N1. The van der Waals surface area contributed by atoms with Gasteiger partial charge in [0.25, 0.3) is 0 Å². The number of carbonyl (C=O) groups excluding carboxylic acids is 1. The minimum absolute atomic E-state index is 0.0335. The van der Waals surface area contributed by atoms with E-state index >= 15 is 0 Å². The molecule has 1 saturated heterocycles. The summed E-state index contributed by atoms with van der Waals surface area (Å²) in [5.41, 5.74) is 0. The van der Waals surface area contributed by atoms with Crippen molar-refractivity contribution < 1.29 is 13.2 Å². The molecule has 1 fully saturated rings. The van der Waals surface area contributed by atoms with Gasteiger partial charge >= 0.3 is 0 Å². The maximum Gasteiger partial charge on any atom is 0.241 e. The molecule has 1 amide bonds. The summed E-state index contributed by atoms with van der Waals surface area (Å²) in [5, 5.41) is 2.61. The fourth-order valence-electron chi connectivity index (χ4n) is 1.12. The van der Waals surface area contributed by atoms with Crippen LogP contribution in [-0.4, -0.2) is 30.9 Å². The molecular weight excluding hydrogens is 178 g/mol. The van der Waals surface area contributed by atoms with E-state index < -0.39 is 20.5 Å². The van der Waals surface area contributed by atoms with Crippen molar-refractivity contribution in [2.24, 2.45) is 0 Å². The lowest BCUT2D eigenvalue weighted by Crippen LogP contribution is -2.59. The molecule has 4 nitrogen and oxygen atoms in total. The van der Waals surface area contributed by atoms with Gasteiger partial charge in [-0.1, -0.05) is 0 Å². The highest BCUT2D eigenvalue weighted by atomic mass is 32.2. The maximum atomic E-state index is 11.5. The van der Waals surface area contributed by atoms with Crippen LogP contribution >= 0.6 is 0 Å².